The van der Waals surface area contributed by atoms with Gasteiger partial charge in [0.25, 0.3) is 0 Å². The second kappa shape index (κ2) is 7.80. The van der Waals surface area contributed by atoms with E-state index in [-0.39, 0.29) is 11.8 Å². The van der Waals surface area contributed by atoms with Crippen molar-refractivity contribution in [3.63, 3.8) is 0 Å². The van der Waals surface area contributed by atoms with Crippen molar-refractivity contribution in [3.8, 4) is 0 Å². The number of carbonyl (C=O) groups excluding carboxylic acids is 2. The van der Waals surface area contributed by atoms with E-state index in [1.165, 1.54) is 24.8 Å². The summed E-state index contributed by atoms with van der Waals surface area (Å²) in [5, 5.41) is 5.90. The van der Waals surface area contributed by atoms with Crippen LogP contribution < -0.4 is 10.6 Å². The number of allylic oxidation sites excluding steroid dienone is 1. The summed E-state index contributed by atoms with van der Waals surface area (Å²) in [5.41, 5.74) is 0.690. The van der Waals surface area contributed by atoms with Gasteiger partial charge in [-0.05, 0) is 57.3 Å². The summed E-state index contributed by atoms with van der Waals surface area (Å²) in [6, 6.07) is 0. The van der Waals surface area contributed by atoms with E-state index in [9.17, 15) is 9.59 Å². The molecule has 0 radical (unpaired) electrons. The first kappa shape index (κ1) is 17.0. The molecule has 0 aromatic rings. The molecule has 2 rings (SSSR count). The molecule has 2 aliphatic carbocycles. The van der Waals surface area contributed by atoms with Gasteiger partial charge in [-0.2, -0.15) is 0 Å². The van der Waals surface area contributed by atoms with Crippen molar-refractivity contribution in [2.24, 2.45) is 11.3 Å². The van der Waals surface area contributed by atoms with Crippen molar-refractivity contribution in [2.75, 3.05) is 13.1 Å². The zero-order chi connectivity index (χ0) is 16.0. The highest BCUT2D eigenvalue weighted by Gasteiger charge is 2.56. The summed E-state index contributed by atoms with van der Waals surface area (Å²) in [4.78, 5) is 24.5. The molecule has 0 heterocycles. The molecule has 2 N–H and O–H groups in total. The lowest BCUT2D eigenvalue weighted by molar-refractivity contribution is -0.137. The zero-order valence-corrected chi connectivity index (χ0v) is 14.0. The number of hydrogen-bond donors (Lipinski definition) is 2. The van der Waals surface area contributed by atoms with Crippen molar-refractivity contribution in [1.82, 2.24) is 10.6 Å². The van der Waals surface area contributed by atoms with Crippen molar-refractivity contribution >= 4 is 11.8 Å². The second-order valence-corrected chi connectivity index (χ2v) is 7.13. The maximum Gasteiger partial charge on any atom is 0.235 e. The average molecular weight is 306 g/mol. The Bertz CT molecular complexity index is 436. The van der Waals surface area contributed by atoms with Gasteiger partial charge in [0.15, 0.2) is 0 Å². The predicted octanol–water partition coefficient (Wildman–Crippen LogP) is 2.94. The van der Waals surface area contributed by atoms with Crippen LogP contribution in [0.15, 0.2) is 11.6 Å². The molecule has 22 heavy (non-hydrogen) atoms. The quantitative estimate of drug-likeness (QED) is 0.535. The molecule has 1 fully saturated rings. The van der Waals surface area contributed by atoms with Crippen LogP contribution in [0.3, 0.4) is 0 Å². The van der Waals surface area contributed by atoms with E-state index in [1.54, 1.807) is 0 Å². The standard InChI is InChI=1S/C18H30N2O2/c1-14(2)8-12-19-16(21)18(10-11-18)17(22)20-13-9-15-6-4-3-5-7-15/h6,14H,3-5,7-13H2,1-2H3,(H,19,21)(H,20,22). The highest BCUT2D eigenvalue weighted by Crippen LogP contribution is 2.46. The zero-order valence-electron chi connectivity index (χ0n) is 14.0. The number of amides is 2. The number of nitrogens with one attached hydrogen (secondary N) is 2. The van der Waals surface area contributed by atoms with Crippen LogP contribution in [0, 0.1) is 11.3 Å². The number of hydrogen-bond acceptors (Lipinski definition) is 2. The van der Waals surface area contributed by atoms with E-state index < -0.39 is 5.41 Å². The Morgan fingerprint density at radius 1 is 1.14 bits per heavy atom. The second-order valence-electron chi connectivity index (χ2n) is 7.13. The van der Waals surface area contributed by atoms with E-state index in [1.807, 2.05) is 0 Å². The van der Waals surface area contributed by atoms with E-state index in [0.29, 0.717) is 31.8 Å². The Morgan fingerprint density at radius 2 is 1.82 bits per heavy atom. The van der Waals surface area contributed by atoms with E-state index in [4.69, 9.17) is 0 Å². The van der Waals surface area contributed by atoms with E-state index in [0.717, 1.165) is 19.3 Å². The molecule has 0 aliphatic heterocycles. The molecule has 0 saturated heterocycles. The van der Waals surface area contributed by atoms with Gasteiger partial charge in [-0.25, -0.2) is 0 Å². The van der Waals surface area contributed by atoms with Gasteiger partial charge in [0.2, 0.25) is 11.8 Å². The van der Waals surface area contributed by atoms with Crippen LogP contribution in [-0.4, -0.2) is 24.9 Å². The molecule has 2 aliphatic rings. The lowest BCUT2D eigenvalue weighted by Gasteiger charge is -2.17. The Morgan fingerprint density at radius 3 is 2.36 bits per heavy atom. The smallest absolute Gasteiger partial charge is 0.235 e. The Kier molecular flexibility index (Phi) is 6.04. The van der Waals surface area contributed by atoms with Crippen LogP contribution in [0.1, 0.15) is 65.2 Å². The van der Waals surface area contributed by atoms with Gasteiger partial charge in [0, 0.05) is 13.1 Å². The molecular formula is C18H30N2O2. The first-order valence-corrected chi connectivity index (χ1v) is 8.79. The van der Waals surface area contributed by atoms with Crippen LogP contribution >= 0.6 is 0 Å². The predicted molar refractivity (Wildman–Crippen MR) is 88.3 cm³/mol. The SMILES string of the molecule is CC(C)CCNC(=O)C1(C(=O)NCCC2=CCCCC2)CC1. The first-order valence-electron chi connectivity index (χ1n) is 8.79. The normalized spacial score (nSPS) is 19.5. The molecule has 0 aromatic carbocycles. The van der Waals surface area contributed by atoms with Crippen molar-refractivity contribution in [1.29, 1.82) is 0 Å². The molecule has 4 nitrogen and oxygen atoms in total. The monoisotopic (exact) mass is 306 g/mol. The fourth-order valence-electron chi connectivity index (χ4n) is 2.96. The van der Waals surface area contributed by atoms with Gasteiger partial charge in [-0.15, -0.1) is 0 Å². The minimum atomic E-state index is -0.766. The minimum Gasteiger partial charge on any atom is -0.355 e. The molecule has 124 valence electrons. The third-order valence-corrected chi connectivity index (χ3v) is 4.74. The van der Waals surface area contributed by atoms with Crippen molar-refractivity contribution < 1.29 is 9.59 Å². The summed E-state index contributed by atoms with van der Waals surface area (Å²) < 4.78 is 0. The van der Waals surface area contributed by atoms with Crippen LogP contribution in [0.25, 0.3) is 0 Å². The first-order chi connectivity index (χ1) is 10.5. The molecular weight excluding hydrogens is 276 g/mol. The number of rotatable bonds is 8. The molecule has 0 unspecified atom stereocenters. The summed E-state index contributed by atoms with van der Waals surface area (Å²) >= 11 is 0. The van der Waals surface area contributed by atoms with Crippen molar-refractivity contribution in [3.05, 3.63) is 11.6 Å². The van der Waals surface area contributed by atoms with Gasteiger partial charge in [-0.1, -0.05) is 25.5 Å². The van der Waals surface area contributed by atoms with E-state index in [2.05, 4.69) is 30.6 Å². The summed E-state index contributed by atoms with van der Waals surface area (Å²) in [7, 11) is 0. The molecule has 0 bridgehead atoms. The summed E-state index contributed by atoms with van der Waals surface area (Å²) in [5.74, 6) is 0.404. The molecule has 0 atom stereocenters. The van der Waals surface area contributed by atoms with E-state index >= 15 is 0 Å². The molecule has 0 aromatic heterocycles. The lowest BCUT2D eigenvalue weighted by Crippen LogP contribution is -2.43. The third-order valence-electron chi connectivity index (χ3n) is 4.74. The maximum absolute atomic E-state index is 12.3. The molecule has 1 saturated carbocycles. The minimum absolute atomic E-state index is 0.0778. The lowest BCUT2D eigenvalue weighted by atomic mass is 9.97. The summed E-state index contributed by atoms with van der Waals surface area (Å²) in [6.45, 7) is 5.58. The third kappa shape index (κ3) is 4.59. The Balaban J connectivity index is 1.71. The van der Waals surface area contributed by atoms with Crippen molar-refractivity contribution in [2.45, 2.75) is 65.2 Å². The highest BCUT2D eigenvalue weighted by molar-refractivity contribution is 6.07. The largest absolute Gasteiger partial charge is 0.355 e. The van der Waals surface area contributed by atoms with Gasteiger partial charge in [0.1, 0.15) is 5.41 Å². The van der Waals surface area contributed by atoms with Gasteiger partial charge < -0.3 is 10.6 Å². The van der Waals surface area contributed by atoms with Crippen LogP contribution in [0.2, 0.25) is 0 Å². The summed E-state index contributed by atoms with van der Waals surface area (Å²) in [6.07, 6.45) is 10.5. The fourth-order valence-corrected chi connectivity index (χ4v) is 2.96. The van der Waals surface area contributed by atoms with Crippen LogP contribution in [-0.2, 0) is 9.59 Å². The highest BCUT2D eigenvalue weighted by atomic mass is 16.2. The van der Waals surface area contributed by atoms with Gasteiger partial charge in [-0.3, -0.25) is 9.59 Å². The van der Waals surface area contributed by atoms with Crippen LogP contribution in [0.4, 0.5) is 0 Å². The van der Waals surface area contributed by atoms with Crippen LogP contribution in [0.5, 0.6) is 0 Å². The Labute approximate surface area is 134 Å². The maximum atomic E-state index is 12.3. The Hall–Kier alpha value is -1.32. The topological polar surface area (TPSA) is 58.2 Å². The molecule has 0 spiro atoms. The fraction of sp³-hybridized carbons (Fsp3) is 0.778. The van der Waals surface area contributed by atoms with Gasteiger partial charge >= 0.3 is 0 Å². The van der Waals surface area contributed by atoms with Gasteiger partial charge in [0.05, 0.1) is 0 Å². The number of carbonyl (C=O) groups is 2. The molecule has 2 amide bonds. The molecule has 4 heteroatoms. The average Bonchev–Trinajstić information content (AvgIpc) is 3.29.